The van der Waals surface area contributed by atoms with Crippen LogP contribution in [0.5, 0.6) is 0 Å². The van der Waals surface area contributed by atoms with Gasteiger partial charge in [0, 0.05) is 27.2 Å². The van der Waals surface area contributed by atoms with E-state index in [0.29, 0.717) is 6.04 Å². The van der Waals surface area contributed by atoms with Gasteiger partial charge in [-0.25, -0.2) is 0 Å². The van der Waals surface area contributed by atoms with E-state index < -0.39 is 0 Å². The number of hydrogen-bond acceptors (Lipinski definition) is 2. The summed E-state index contributed by atoms with van der Waals surface area (Å²) in [5.41, 5.74) is 0. The molecule has 1 aliphatic carbocycles. The van der Waals surface area contributed by atoms with E-state index in [1.807, 2.05) is 7.05 Å². The number of guanidine groups is 1. The van der Waals surface area contributed by atoms with E-state index in [1.165, 1.54) is 25.7 Å². The maximum atomic E-state index is 4.06. The molecule has 86 valence electrons. The predicted molar refractivity (Wildman–Crippen MR) is 64.7 cm³/mol. The topological polar surface area (TPSA) is 39.7 Å². The van der Waals surface area contributed by atoms with E-state index in [4.69, 9.17) is 0 Å². The molecule has 1 saturated carbocycles. The number of nitrogens with zero attached hydrogens (tertiary/aromatic N) is 2. The molecule has 0 amide bonds. The molecular formula is C11H22N4. The van der Waals surface area contributed by atoms with Gasteiger partial charge in [0.05, 0.1) is 0 Å². The normalized spacial score (nSPS) is 17.7. The summed E-state index contributed by atoms with van der Waals surface area (Å²) in [7, 11) is 5.69. The molecule has 0 atom stereocenters. The lowest BCUT2D eigenvalue weighted by atomic mass is 10.2. The zero-order valence-electron chi connectivity index (χ0n) is 10.0. The smallest absolute Gasteiger partial charge is 0.196 e. The molecular weight excluding hydrogens is 188 g/mol. The van der Waals surface area contributed by atoms with Gasteiger partial charge in [0.2, 0.25) is 0 Å². The van der Waals surface area contributed by atoms with Crippen molar-refractivity contribution in [3.63, 3.8) is 0 Å². The van der Waals surface area contributed by atoms with Gasteiger partial charge in [-0.3, -0.25) is 4.99 Å². The van der Waals surface area contributed by atoms with E-state index >= 15 is 0 Å². The van der Waals surface area contributed by atoms with E-state index in [0.717, 1.165) is 11.8 Å². The van der Waals surface area contributed by atoms with Crippen molar-refractivity contribution in [1.29, 1.82) is 0 Å². The summed E-state index contributed by atoms with van der Waals surface area (Å²) >= 11 is 0. The van der Waals surface area contributed by atoms with Crippen LogP contribution in [0.4, 0.5) is 0 Å². The largest absolute Gasteiger partial charge is 0.359 e. The van der Waals surface area contributed by atoms with Crippen molar-refractivity contribution in [1.82, 2.24) is 15.5 Å². The Kier molecular flexibility index (Phi) is 4.46. The second-order valence-corrected chi connectivity index (χ2v) is 3.94. The van der Waals surface area contributed by atoms with Crippen LogP contribution in [0.1, 0.15) is 25.7 Å². The maximum Gasteiger partial charge on any atom is 0.196 e. The average molecular weight is 210 g/mol. The van der Waals surface area contributed by atoms with Crippen LogP contribution in [0.3, 0.4) is 0 Å². The summed E-state index contributed by atoms with van der Waals surface area (Å²) in [5, 5.41) is 6.14. The zero-order chi connectivity index (χ0) is 11.3. The lowest BCUT2D eigenvalue weighted by Crippen LogP contribution is -2.41. The van der Waals surface area contributed by atoms with Gasteiger partial charge in [0.1, 0.15) is 5.82 Å². The molecule has 15 heavy (non-hydrogen) atoms. The van der Waals surface area contributed by atoms with E-state index in [2.05, 4.69) is 34.2 Å². The SMILES string of the molecule is C=C(NC(=NC)NC)N(C)C1CCCC1. The van der Waals surface area contributed by atoms with Gasteiger partial charge >= 0.3 is 0 Å². The van der Waals surface area contributed by atoms with Gasteiger partial charge in [0.15, 0.2) is 5.96 Å². The quantitative estimate of drug-likeness (QED) is 0.542. The molecule has 1 rings (SSSR count). The molecule has 0 spiro atoms. The molecule has 0 radical (unpaired) electrons. The first-order chi connectivity index (χ1) is 7.19. The molecule has 0 aliphatic heterocycles. The number of aliphatic imine (C=N–C) groups is 1. The molecule has 0 saturated heterocycles. The van der Waals surface area contributed by atoms with Gasteiger partial charge < -0.3 is 15.5 Å². The Balaban J connectivity index is 2.45. The standard InChI is InChI=1S/C11H22N4/c1-9(14-11(12-2)13-3)15(4)10-7-5-6-8-10/h10H,1,5-8H2,2-4H3,(H2,12,13,14). The van der Waals surface area contributed by atoms with Gasteiger partial charge in [-0.2, -0.15) is 0 Å². The minimum absolute atomic E-state index is 0.639. The van der Waals surface area contributed by atoms with Crippen molar-refractivity contribution in [2.24, 2.45) is 4.99 Å². The van der Waals surface area contributed by atoms with Gasteiger partial charge in [-0.15, -0.1) is 0 Å². The van der Waals surface area contributed by atoms with Crippen LogP contribution >= 0.6 is 0 Å². The van der Waals surface area contributed by atoms with Gasteiger partial charge in [-0.1, -0.05) is 19.4 Å². The number of hydrogen-bond donors (Lipinski definition) is 2. The van der Waals surface area contributed by atoms with Crippen molar-refractivity contribution in [3.05, 3.63) is 12.4 Å². The second kappa shape index (κ2) is 5.63. The Morgan fingerprint density at radius 2 is 2.00 bits per heavy atom. The summed E-state index contributed by atoms with van der Waals surface area (Å²) in [6.45, 7) is 4.03. The summed E-state index contributed by atoms with van der Waals surface area (Å²) < 4.78 is 0. The molecule has 0 aromatic carbocycles. The Hall–Kier alpha value is -1.19. The average Bonchev–Trinajstić information content (AvgIpc) is 2.77. The van der Waals surface area contributed by atoms with E-state index in [-0.39, 0.29) is 0 Å². The Morgan fingerprint density at radius 1 is 1.40 bits per heavy atom. The highest BCUT2D eigenvalue weighted by Crippen LogP contribution is 2.23. The second-order valence-electron chi connectivity index (χ2n) is 3.94. The highest BCUT2D eigenvalue weighted by atomic mass is 15.3. The molecule has 0 aromatic heterocycles. The lowest BCUT2D eigenvalue weighted by molar-refractivity contribution is 0.298. The summed E-state index contributed by atoms with van der Waals surface area (Å²) in [5.74, 6) is 1.67. The third-order valence-corrected chi connectivity index (χ3v) is 3.02. The van der Waals surface area contributed by atoms with Gasteiger partial charge in [-0.05, 0) is 12.8 Å². The Morgan fingerprint density at radius 3 is 2.47 bits per heavy atom. The fourth-order valence-electron chi connectivity index (χ4n) is 1.97. The first-order valence-corrected chi connectivity index (χ1v) is 5.52. The third kappa shape index (κ3) is 3.15. The van der Waals surface area contributed by atoms with E-state index in [9.17, 15) is 0 Å². The number of nitrogens with one attached hydrogen (secondary N) is 2. The summed E-state index contributed by atoms with van der Waals surface area (Å²) in [6.07, 6.45) is 5.22. The zero-order valence-corrected chi connectivity index (χ0v) is 10.0. The summed E-state index contributed by atoms with van der Waals surface area (Å²) in [6, 6.07) is 0.639. The first-order valence-electron chi connectivity index (χ1n) is 5.52. The molecule has 4 nitrogen and oxygen atoms in total. The highest BCUT2D eigenvalue weighted by Gasteiger charge is 2.20. The van der Waals surface area contributed by atoms with E-state index in [1.54, 1.807) is 7.05 Å². The van der Waals surface area contributed by atoms with Gasteiger partial charge in [0.25, 0.3) is 0 Å². The van der Waals surface area contributed by atoms with Crippen LogP contribution in [0.2, 0.25) is 0 Å². The van der Waals surface area contributed by atoms with Crippen LogP contribution in [0.25, 0.3) is 0 Å². The molecule has 0 unspecified atom stereocenters. The van der Waals surface area contributed by atoms with Crippen molar-refractivity contribution < 1.29 is 0 Å². The lowest BCUT2D eigenvalue weighted by Gasteiger charge is -2.29. The predicted octanol–water partition coefficient (Wildman–Crippen LogP) is 1.13. The molecule has 1 fully saturated rings. The monoisotopic (exact) mass is 210 g/mol. The summed E-state index contributed by atoms with van der Waals surface area (Å²) in [4.78, 5) is 6.28. The van der Waals surface area contributed by atoms with Crippen LogP contribution in [-0.4, -0.2) is 38.0 Å². The van der Waals surface area contributed by atoms with Crippen molar-refractivity contribution in [2.75, 3.05) is 21.1 Å². The molecule has 0 bridgehead atoms. The van der Waals surface area contributed by atoms with Crippen LogP contribution in [0.15, 0.2) is 17.4 Å². The van der Waals surface area contributed by atoms with Crippen LogP contribution in [-0.2, 0) is 0 Å². The van der Waals surface area contributed by atoms with Crippen LogP contribution in [0, 0.1) is 0 Å². The van der Waals surface area contributed by atoms with Crippen molar-refractivity contribution in [3.8, 4) is 0 Å². The third-order valence-electron chi connectivity index (χ3n) is 3.02. The molecule has 1 aliphatic rings. The maximum absolute atomic E-state index is 4.06. The minimum Gasteiger partial charge on any atom is -0.359 e. The van der Waals surface area contributed by atoms with Crippen molar-refractivity contribution >= 4 is 5.96 Å². The van der Waals surface area contributed by atoms with Crippen molar-refractivity contribution in [2.45, 2.75) is 31.7 Å². The molecule has 0 heterocycles. The minimum atomic E-state index is 0.639. The highest BCUT2D eigenvalue weighted by molar-refractivity contribution is 5.80. The number of rotatable bonds is 3. The van der Waals surface area contributed by atoms with Crippen LogP contribution < -0.4 is 10.6 Å². The molecule has 2 N–H and O–H groups in total. The fourth-order valence-corrected chi connectivity index (χ4v) is 1.97. The molecule has 4 heteroatoms. The Bertz CT molecular complexity index is 241. The molecule has 0 aromatic rings. The first kappa shape index (κ1) is 11.9. The Labute approximate surface area is 92.4 Å². The fraction of sp³-hybridized carbons (Fsp3) is 0.727.